The zero-order valence-electron chi connectivity index (χ0n) is 32.6. The van der Waals surface area contributed by atoms with Crippen molar-refractivity contribution in [2.75, 3.05) is 6.54 Å². The molecule has 0 aliphatic carbocycles. The zero-order valence-corrected chi connectivity index (χ0v) is 34.7. The maximum absolute atomic E-state index is 13.3. The summed E-state index contributed by atoms with van der Waals surface area (Å²) in [5.74, 6) is 4.02. The van der Waals surface area contributed by atoms with Crippen molar-refractivity contribution < 1.29 is 9.53 Å². The van der Waals surface area contributed by atoms with Gasteiger partial charge in [0.1, 0.15) is 6.61 Å². The summed E-state index contributed by atoms with van der Waals surface area (Å²) in [5.41, 5.74) is 1.42. The molecule has 0 amide bonds. The van der Waals surface area contributed by atoms with Crippen molar-refractivity contribution in [3.05, 3.63) is 35.9 Å². The molecule has 0 saturated heterocycles. The molecule has 0 heterocycles. The number of hydrogen-bond donors (Lipinski definition) is 1. The SMILES string of the molecule is CCC(I)C(C)(C(C)CNC(C)CC[C@H](C)CCC(C)C)C(CCC(CC(=O)OCc1ccccc1)C(C)C(C)(C)CC)C(C)C. The maximum Gasteiger partial charge on any atom is 0.306 e. The van der Waals surface area contributed by atoms with Crippen molar-refractivity contribution in [3.63, 3.8) is 0 Å². The van der Waals surface area contributed by atoms with E-state index in [4.69, 9.17) is 4.74 Å². The summed E-state index contributed by atoms with van der Waals surface area (Å²) in [4.78, 5) is 13.3. The number of carbonyl (C=O) groups is 1. The van der Waals surface area contributed by atoms with E-state index >= 15 is 0 Å². The molecule has 268 valence electrons. The number of ether oxygens (including phenoxy) is 1. The van der Waals surface area contributed by atoms with Gasteiger partial charge in [-0.2, -0.15) is 0 Å². The lowest BCUT2D eigenvalue weighted by molar-refractivity contribution is -0.147. The minimum atomic E-state index is -0.0538. The van der Waals surface area contributed by atoms with Crippen LogP contribution in [0.5, 0.6) is 0 Å². The average Bonchev–Trinajstić information content (AvgIpc) is 3.02. The van der Waals surface area contributed by atoms with Gasteiger partial charge in [-0.1, -0.05) is 155 Å². The Balaban J connectivity index is 3.06. The molecule has 1 aromatic rings. The van der Waals surface area contributed by atoms with Crippen molar-refractivity contribution in [1.29, 1.82) is 0 Å². The van der Waals surface area contributed by atoms with Gasteiger partial charge in [0.15, 0.2) is 0 Å². The van der Waals surface area contributed by atoms with Crippen LogP contribution < -0.4 is 5.32 Å². The van der Waals surface area contributed by atoms with Gasteiger partial charge in [-0.15, -0.1) is 0 Å². The van der Waals surface area contributed by atoms with Crippen LogP contribution in [0.1, 0.15) is 153 Å². The second-order valence-corrected chi connectivity index (χ2v) is 18.3. The molecular formula is C42H76INO2. The number of halogens is 1. The largest absolute Gasteiger partial charge is 0.461 e. The molecule has 7 unspecified atom stereocenters. The standard InChI is InChI=1S/C42H76INO2/c1-14-39(43)42(13,33(8)28-44-34(9)24-23-32(7)22-21-30(3)4)38(31(5)6)26-25-37(35(10)41(11,12)15-2)27-40(45)46-29-36-19-17-16-18-20-36/h16-20,30-35,37-39,44H,14-15,21-29H2,1-13H3/t32-,33?,34?,35?,37?,38?,39?,42?/m1/s1. The summed E-state index contributed by atoms with van der Waals surface area (Å²) in [5, 5.41) is 3.98. The number of carbonyl (C=O) groups excluding carboxylic acids is 1. The zero-order chi connectivity index (χ0) is 35.1. The summed E-state index contributed by atoms with van der Waals surface area (Å²) in [6.45, 7) is 32.7. The summed E-state index contributed by atoms with van der Waals surface area (Å²) >= 11 is 2.77. The van der Waals surface area contributed by atoms with Crippen LogP contribution in [0.3, 0.4) is 0 Å². The van der Waals surface area contributed by atoms with Crippen molar-refractivity contribution in [2.24, 2.45) is 52.3 Å². The molecule has 0 saturated carbocycles. The molecule has 46 heavy (non-hydrogen) atoms. The second kappa shape index (κ2) is 21.5. The third-order valence-corrected chi connectivity index (χ3v) is 14.4. The number of benzene rings is 1. The lowest BCUT2D eigenvalue weighted by Gasteiger charge is -2.49. The Labute approximate surface area is 301 Å². The normalized spacial score (nSPS) is 18.4. The fraction of sp³-hybridized carbons (Fsp3) is 0.833. The third kappa shape index (κ3) is 14.5. The Kier molecular flexibility index (Phi) is 20.3. The molecule has 0 radical (unpaired) electrons. The molecule has 0 bridgehead atoms. The van der Waals surface area contributed by atoms with E-state index in [-0.39, 0.29) is 16.8 Å². The first-order chi connectivity index (χ1) is 21.5. The Morgan fingerprint density at radius 3 is 2.00 bits per heavy atom. The predicted molar refractivity (Wildman–Crippen MR) is 210 cm³/mol. The Hall–Kier alpha value is -0.620. The molecule has 1 N–H and O–H groups in total. The Bertz CT molecular complexity index is 946. The lowest BCUT2D eigenvalue weighted by Crippen LogP contribution is -2.48. The van der Waals surface area contributed by atoms with E-state index in [2.05, 4.69) is 118 Å². The summed E-state index contributed by atoms with van der Waals surface area (Å²) < 4.78 is 6.43. The quantitative estimate of drug-likeness (QED) is 0.0649. The smallest absolute Gasteiger partial charge is 0.306 e. The van der Waals surface area contributed by atoms with E-state index in [0.717, 1.165) is 43.2 Å². The molecule has 0 aliphatic heterocycles. The molecule has 4 heteroatoms. The van der Waals surface area contributed by atoms with E-state index in [1.165, 1.54) is 32.1 Å². The summed E-state index contributed by atoms with van der Waals surface area (Å²) in [6.07, 6.45) is 10.3. The van der Waals surface area contributed by atoms with Crippen LogP contribution in [0.25, 0.3) is 0 Å². The summed E-state index contributed by atoms with van der Waals surface area (Å²) in [7, 11) is 0. The second-order valence-electron chi connectivity index (χ2n) is 16.8. The fourth-order valence-corrected chi connectivity index (χ4v) is 8.67. The molecule has 1 rings (SSSR count). The van der Waals surface area contributed by atoms with Gasteiger partial charge in [0, 0.05) is 16.4 Å². The monoisotopic (exact) mass is 753 g/mol. The van der Waals surface area contributed by atoms with E-state index in [9.17, 15) is 4.79 Å². The average molecular weight is 754 g/mol. The van der Waals surface area contributed by atoms with E-state index < -0.39 is 0 Å². The lowest BCUT2D eigenvalue weighted by atomic mass is 9.59. The number of nitrogens with one attached hydrogen (secondary N) is 1. The number of esters is 1. The first kappa shape index (κ1) is 43.4. The molecular weight excluding hydrogens is 677 g/mol. The highest BCUT2D eigenvalue weighted by molar-refractivity contribution is 14.1. The van der Waals surface area contributed by atoms with Gasteiger partial charge >= 0.3 is 5.97 Å². The third-order valence-electron chi connectivity index (χ3n) is 12.2. The van der Waals surface area contributed by atoms with Gasteiger partial charge in [0.05, 0.1) is 0 Å². The van der Waals surface area contributed by atoms with Crippen molar-refractivity contribution >= 4 is 28.6 Å². The molecule has 1 aromatic carbocycles. The van der Waals surface area contributed by atoms with Crippen molar-refractivity contribution in [2.45, 2.75) is 164 Å². The highest BCUT2D eigenvalue weighted by Crippen LogP contribution is 2.50. The first-order valence-corrected chi connectivity index (χ1v) is 20.3. The predicted octanol–water partition coefficient (Wildman–Crippen LogP) is 12.5. The Morgan fingerprint density at radius 1 is 0.848 bits per heavy atom. The van der Waals surface area contributed by atoms with Crippen LogP contribution in [0.4, 0.5) is 0 Å². The van der Waals surface area contributed by atoms with Gasteiger partial charge in [-0.25, -0.2) is 0 Å². The van der Waals surface area contributed by atoms with Gasteiger partial charge in [0.2, 0.25) is 0 Å². The minimum absolute atomic E-state index is 0.0538. The van der Waals surface area contributed by atoms with Crippen LogP contribution >= 0.6 is 22.6 Å². The molecule has 3 nitrogen and oxygen atoms in total. The minimum Gasteiger partial charge on any atom is -0.461 e. The first-order valence-electron chi connectivity index (χ1n) is 19.1. The molecule has 0 spiro atoms. The van der Waals surface area contributed by atoms with E-state index in [1.807, 2.05) is 30.3 Å². The van der Waals surface area contributed by atoms with Gasteiger partial charge in [-0.05, 0) is 103 Å². The maximum atomic E-state index is 13.3. The van der Waals surface area contributed by atoms with Crippen LogP contribution in [0.2, 0.25) is 0 Å². The molecule has 0 fully saturated rings. The molecule has 0 aromatic heterocycles. The topological polar surface area (TPSA) is 38.3 Å². The van der Waals surface area contributed by atoms with Gasteiger partial charge in [0.25, 0.3) is 0 Å². The number of hydrogen-bond acceptors (Lipinski definition) is 3. The van der Waals surface area contributed by atoms with Crippen LogP contribution in [0, 0.1) is 52.3 Å². The van der Waals surface area contributed by atoms with Crippen molar-refractivity contribution in [3.8, 4) is 0 Å². The number of alkyl halides is 1. The Morgan fingerprint density at radius 2 is 1.46 bits per heavy atom. The van der Waals surface area contributed by atoms with Crippen LogP contribution in [-0.2, 0) is 16.1 Å². The van der Waals surface area contributed by atoms with Gasteiger partial charge < -0.3 is 10.1 Å². The van der Waals surface area contributed by atoms with E-state index in [1.54, 1.807) is 0 Å². The fourth-order valence-electron chi connectivity index (χ4n) is 7.60. The number of rotatable bonds is 24. The highest BCUT2D eigenvalue weighted by atomic mass is 127. The summed E-state index contributed by atoms with van der Waals surface area (Å²) in [6, 6.07) is 10.6. The van der Waals surface area contributed by atoms with Crippen LogP contribution in [0.15, 0.2) is 30.3 Å². The molecule has 0 aliphatic rings. The molecule has 8 atom stereocenters. The van der Waals surface area contributed by atoms with Crippen LogP contribution in [-0.4, -0.2) is 22.5 Å². The van der Waals surface area contributed by atoms with Gasteiger partial charge in [-0.3, -0.25) is 4.79 Å². The van der Waals surface area contributed by atoms with Crippen molar-refractivity contribution in [1.82, 2.24) is 5.32 Å². The van der Waals surface area contributed by atoms with E-state index in [0.29, 0.717) is 52.6 Å². The highest BCUT2D eigenvalue weighted by Gasteiger charge is 2.45.